The van der Waals surface area contributed by atoms with Crippen LogP contribution < -0.4 is 5.32 Å². The maximum atomic E-state index is 4.09. The van der Waals surface area contributed by atoms with E-state index in [1.807, 2.05) is 6.20 Å². The summed E-state index contributed by atoms with van der Waals surface area (Å²) in [5, 5.41) is 10.8. The van der Waals surface area contributed by atoms with E-state index in [1.165, 1.54) is 36.9 Å². The van der Waals surface area contributed by atoms with E-state index >= 15 is 0 Å². The van der Waals surface area contributed by atoms with Gasteiger partial charge in [0.15, 0.2) is 0 Å². The van der Waals surface area contributed by atoms with Crippen LogP contribution in [0.1, 0.15) is 56.8 Å². The standard InChI is InChI=1S/C13H23N3/c1-9-5-4-6-12(7-9)15-10(2)13-8-14-16-11(13)3/h8-10,12,15H,4-7H2,1-3H3,(H,14,16). The number of H-pyrrole nitrogens is 1. The Labute approximate surface area is 98.0 Å². The molecule has 3 heteroatoms. The van der Waals surface area contributed by atoms with Crippen LogP contribution in [0, 0.1) is 12.8 Å². The van der Waals surface area contributed by atoms with E-state index in [4.69, 9.17) is 0 Å². The first-order valence-electron chi connectivity index (χ1n) is 6.42. The van der Waals surface area contributed by atoms with Gasteiger partial charge in [-0.15, -0.1) is 0 Å². The Morgan fingerprint density at radius 3 is 2.94 bits per heavy atom. The van der Waals surface area contributed by atoms with Crippen LogP contribution in [0.2, 0.25) is 0 Å². The molecular formula is C13H23N3. The molecule has 0 saturated heterocycles. The highest BCUT2D eigenvalue weighted by Gasteiger charge is 2.21. The molecule has 2 N–H and O–H groups in total. The lowest BCUT2D eigenvalue weighted by Gasteiger charge is -2.30. The minimum absolute atomic E-state index is 0.411. The minimum atomic E-state index is 0.411. The summed E-state index contributed by atoms with van der Waals surface area (Å²) < 4.78 is 0. The molecule has 16 heavy (non-hydrogen) atoms. The Morgan fingerprint density at radius 2 is 2.31 bits per heavy atom. The summed E-state index contributed by atoms with van der Waals surface area (Å²) in [6.07, 6.45) is 7.36. The summed E-state index contributed by atoms with van der Waals surface area (Å²) in [7, 11) is 0. The summed E-state index contributed by atoms with van der Waals surface area (Å²) in [5.41, 5.74) is 2.49. The van der Waals surface area contributed by atoms with Crippen LogP contribution in [-0.4, -0.2) is 16.2 Å². The number of aromatic amines is 1. The second kappa shape index (κ2) is 5.00. The molecule has 1 fully saturated rings. The number of hydrogen-bond donors (Lipinski definition) is 2. The summed E-state index contributed by atoms with van der Waals surface area (Å²) in [6.45, 7) is 6.68. The van der Waals surface area contributed by atoms with Gasteiger partial charge < -0.3 is 5.32 Å². The van der Waals surface area contributed by atoms with Crippen LogP contribution in [0.25, 0.3) is 0 Å². The number of aryl methyl sites for hydroxylation is 1. The second-order valence-corrected chi connectivity index (χ2v) is 5.31. The van der Waals surface area contributed by atoms with Gasteiger partial charge in [0.2, 0.25) is 0 Å². The molecule has 1 aromatic rings. The van der Waals surface area contributed by atoms with Gasteiger partial charge in [0.1, 0.15) is 0 Å². The van der Waals surface area contributed by atoms with E-state index in [0.717, 1.165) is 5.92 Å². The lowest BCUT2D eigenvalue weighted by atomic mass is 9.86. The highest BCUT2D eigenvalue weighted by molar-refractivity contribution is 5.18. The molecule has 1 aromatic heterocycles. The van der Waals surface area contributed by atoms with Gasteiger partial charge in [-0.05, 0) is 32.6 Å². The van der Waals surface area contributed by atoms with Gasteiger partial charge in [0, 0.05) is 23.3 Å². The molecule has 90 valence electrons. The van der Waals surface area contributed by atoms with Crippen LogP contribution in [0.5, 0.6) is 0 Å². The molecule has 1 aliphatic rings. The molecule has 1 heterocycles. The Hall–Kier alpha value is -0.830. The molecule has 3 nitrogen and oxygen atoms in total. The quantitative estimate of drug-likeness (QED) is 0.824. The van der Waals surface area contributed by atoms with Gasteiger partial charge in [-0.3, -0.25) is 5.10 Å². The second-order valence-electron chi connectivity index (χ2n) is 5.31. The Balaban J connectivity index is 1.92. The van der Waals surface area contributed by atoms with Crippen LogP contribution in [0.3, 0.4) is 0 Å². The van der Waals surface area contributed by atoms with Gasteiger partial charge in [-0.2, -0.15) is 5.10 Å². The summed E-state index contributed by atoms with van der Waals surface area (Å²) in [4.78, 5) is 0. The average molecular weight is 221 g/mol. The highest BCUT2D eigenvalue weighted by Crippen LogP contribution is 2.26. The van der Waals surface area contributed by atoms with Crippen molar-refractivity contribution in [1.82, 2.24) is 15.5 Å². The van der Waals surface area contributed by atoms with E-state index in [-0.39, 0.29) is 0 Å². The third kappa shape index (κ3) is 2.64. The van der Waals surface area contributed by atoms with Crippen molar-refractivity contribution in [3.63, 3.8) is 0 Å². The van der Waals surface area contributed by atoms with Gasteiger partial charge in [0.25, 0.3) is 0 Å². The molecule has 0 amide bonds. The zero-order valence-corrected chi connectivity index (χ0v) is 10.6. The summed E-state index contributed by atoms with van der Waals surface area (Å²) >= 11 is 0. The van der Waals surface area contributed by atoms with E-state index in [9.17, 15) is 0 Å². The normalized spacial score (nSPS) is 27.9. The number of hydrogen-bond acceptors (Lipinski definition) is 2. The largest absolute Gasteiger partial charge is 0.307 e. The van der Waals surface area contributed by atoms with Gasteiger partial charge >= 0.3 is 0 Å². The van der Waals surface area contributed by atoms with E-state index < -0.39 is 0 Å². The smallest absolute Gasteiger partial charge is 0.0537 e. The summed E-state index contributed by atoms with van der Waals surface area (Å²) in [5.74, 6) is 0.879. The van der Waals surface area contributed by atoms with Crippen molar-refractivity contribution >= 4 is 0 Å². The van der Waals surface area contributed by atoms with E-state index in [0.29, 0.717) is 12.1 Å². The summed E-state index contributed by atoms with van der Waals surface area (Å²) in [6, 6.07) is 1.10. The molecule has 3 unspecified atom stereocenters. The zero-order valence-electron chi connectivity index (χ0n) is 10.6. The SMILES string of the molecule is Cc1[nH]ncc1C(C)NC1CCCC(C)C1. The fraction of sp³-hybridized carbons (Fsp3) is 0.769. The third-order valence-electron chi connectivity index (χ3n) is 3.76. The molecule has 0 radical (unpaired) electrons. The van der Waals surface area contributed by atoms with Crippen molar-refractivity contribution < 1.29 is 0 Å². The highest BCUT2D eigenvalue weighted by atomic mass is 15.1. The maximum absolute atomic E-state index is 4.09. The Kier molecular flexibility index (Phi) is 3.64. The number of rotatable bonds is 3. The number of nitrogens with one attached hydrogen (secondary N) is 2. The van der Waals surface area contributed by atoms with Crippen molar-refractivity contribution in [1.29, 1.82) is 0 Å². The van der Waals surface area contributed by atoms with Gasteiger partial charge in [-0.1, -0.05) is 19.8 Å². The third-order valence-corrected chi connectivity index (χ3v) is 3.76. The molecule has 0 aliphatic heterocycles. The molecular weight excluding hydrogens is 198 g/mol. The van der Waals surface area contributed by atoms with Gasteiger partial charge in [0.05, 0.1) is 6.20 Å². The Bertz CT molecular complexity index is 332. The predicted octanol–water partition coefficient (Wildman–Crippen LogP) is 2.95. The first kappa shape index (κ1) is 11.6. The lowest BCUT2D eigenvalue weighted by molar-refractivity contribution is 0.285. The maximum Gasteiger partial charge on any atom is 0.0537 e. The topological polar surface area (TPSA) is 40.7 Å². The van der Waals surface area contributed by atoms with Crippen molar-refractivity contribution in [2.24, 2.45) is 5.92 Å². The molecule has 0 aromatic carbocycles. The van der Waals surface area contributed by atoms with E-state index in [2.05, 4.69) is 36.3 Å². The number of aromatic nitrogens is 2. The molecule has 0 bridgehead atoms. The molecule has 2 rings (SSSR count). The number of nitrogens with zero attached hydrogens (tertiary/aromatic N) is 1. The minimum Gasteiger partial charge on any atom is -0.307 e. The molecule has 1 saturated carbocycles. The predicted molar refractivity (Wildman–Crippen MR) is 66.3 cm³/mol. The molecule has 1 aliphatic carbocycles. The van der Waals surface area contributed by atoms with Gasteiger partial charge in [-0.25, -0.2) is 0 Å². The fourth-order valence-corrected chi connectivity index (χ4v) is 2.83. The average Bonchev–Trinajstić information content (AvgIpc) is 2.64. The lowest BCUT2D eigenvalue weighted by Crippen LogP contribution is -2.35. The zero-order chi connectivity index (χ0) is 11.5. The monoisotopic (exact) mass is 221 g/mol. The van der Waals surface area contributed by atoms with Crippen molar-refractivity contribution in [2.45, 2.75) is 58.5 Å². The van der Waals surface area contributed by atoms with Crippen molar-refractivity contribution in [3.05, 3.63) is 17.5 Å². The van der Waals surface area contributed by atoms with Crippen molar-refractivity contribution in [3.8, 4) is 0 Å². The van der Waals surface area contributed by atoms with Crippen LogP contribution in [0.15, 0.2) is 6.20 Å². The van der Waals surface area contributed by atoms with Crippen molar-refractivity contribution in [2.75, 3.05) is 0 Å². The van der Waals surface area contributed by atoms with Crippen LogP contribution in [-0.2, 0) is 0 Å². The Morgan fingerprint density at radius 1 is 1.50 bits per heavy atom. The molecule has 3 atom stereocenters. The molecule has 0 spiro atoms. The fourth-order valence-electron chi connectivity index (χ4n) is 2.83. The van der Waals surface area contributed by atoms with Crippen LogP contribution in [0.4, 0.5) is 0 Å². The first-order chi connectivity index (χ1) is 7.66. The van der Waals surface area contributed by atoms with E-state index in [1.54, 1.807) is 0 Å². The van der Waals surface area contributed by atoms with Crippen LogP contribution >= 0.6 is 0 Å². The first-order valence-corrected chi connectivity index (χ1v) is 6.42.